The van der Waals surface area contributed by atoms with E-state index < -0.39 is 0 Å². The molecule has 0 aliphatic heterocycles. The lowest BCUT2D eigenvalue weighted by Crippen LogP contribution is -2.07. The van der Waals surface area contributed by atoms with Gasteiger partial charge in [-0.1, -0.05) is 33.3 Å². The third kappa shape index (κ3) is 9.95. The van der Waals surface area contributed by atoms with Gasteiger partial charge in [0.05, 0.1) is 13.2 Å². The van der Waals surface area contributed by atoms with Crippen molar-refractivity contribution in [1.29, 1.82) is 0 Å². The maximum absolute atomic E-state index is 5.57. The van der Waals surface area contributed by atoms with Gasteiger partial charge in [0, 0.05) is 13.2 Å². The van der Waals surface area contributed by atoms with Crippen molar-refractivity contribution in [2.24, 2.45) is 0 Å². The largest absolute Gasteiger partial charge is 0.377 e. The van der Waals surface area contributed by atoms with E-state index in [0.717, 1.165) is 45.7 Å². The lowest BCUT2D eigenvalue weighted by atomic mass is 10.2. The molecule has 0 radical (unpaired) electrons. The second kappa shape index (κ2) is 11.7. The summed E-state index contributed by atoms with van der Waals surface area (Å²) in [7, 11) is 0. The molecule has 0 aromatic heterocycles. The molecular weight excluding hydrogens is 188 g/mol. The highest BCUT2D eigenvalue weighted by atomic mass is 16.5. The molecule has 0 spiro atoms. The van der Waals surface area contributed by atoms with Crippen LogP contribution in [0.1, 0.15) is 46.5 Å². The van der Waals surface area contributed by atoms with Crippen LogP contribution in [0.5, 0.6) is 0 Å². The van der Waals surface area contributed by atoms with Crippen molar-refractivity contribution >= 4 is 0 Å². The predicted molar refractivity (Wildman–Crippen MR) is 65.2 cm³/mol. The topological polar surface area (TPSA) is 18.5 Å². The summed E-state index contributed by atoms with van der Waals surface area (Å²) < 4.78 is 11.1. The maximum atomic E-state index is 5.57. The summed E-state index contributed by atoms with van der Waals surface area (Å²) in [6, 6.07) is 0. The van der Waals surface area contributed by atoms with Crippen LogP contribution in [0.2, 0.25) is 0 Å². The van der Waals surface area contributed by atoms with Gasteiger partial charge in [0.2, 0.25) is 0 Å². The van der Waals surface area contributed by atoms with Crippen LogP contribution in [0.25, 0.3) is 0 Å². The molecule has 0 aliphatic rings. The molecule has 0 N–H and O–H groups in total. The van der Waals surface area contributed by atoms with E-state index in [1.165, 1.54) is 12.0 Å². The Morgan fingerprint density at radius 1 is 0.933 bits per heavy atom. The summed E-state index contributed by atoms with van der Waals surface area (Å²) in [4.78, 5) is 0. The molecule has 0 amide bonds. The summed E-state index contributed by atoms with van der Waals surface area (Å²) in [5.41, 5.74) is 1.28. The zero-order valence-corrected chi connectivity index (χ0v) is 10.6. The fourth-order valence-electron chi connectivity index (χ4n) is 1.25. The molecular formula is C13H26O2. The van der Waals surface area contributed by atoms with Crippen molar-refractivity contribution in [3.05, 3.63) is 11.6 Å². The Labute approximate surface area is 94.7 Å². The maximum Gasteiger partial charge on any atom is 0.0698 e. The number of ether oxygens (including phenoxy) is 2. The van der Waals surface area contributed by atoms with Crippen molar-refractivity contribution in [3.63, 3.8) is 0 Å². The molecule has 0 aliphatic carbocycles. The van der Waals surface area contributed by atoms with E-state index in [4.69, 9.17) is 9.47 Å². The fraction of sp³-hybridized carbons (Fsp3) is 0.846. The second-order valence-corrected chi connectivity index (χ2v) is 3.73. The lowest BCUT2D eigenvalue weighted by Gasteiger charge is -2.09. The molecule has 0 atom stereocenters. The molecule has 0 rings (SSSR count). The van der Waals surface area contributed by atoms with E-state index in [2.05, 4.69) is 26.8 Å². The Bertz CT molecular complexity index is 153. The van der Waals surface area contributed by atoms with Crippen LogP contribution in [0.3, 0.4) is 0 Å². The van der Waals surface area contributed by atoms with Gasteiger partial charge in [0.1, 0.15) is 0 Å². The van der Waals surface area contributed by atoms with E-state index in [1.807, 2.05) is 0 Å². The quantitative estimate of drug-likeness (QED) is 0.409. The van der Waals surface area contributed by atoms with Gasteiger partial charge >= 0.3 is 0 Å². The van der Waals surface area contributed by atoms with Gasteiger partial charge in [-0.3, -0.25) is 0 Å². The molecule has 0 saturated heterocycles. The molecule has 0 aromatic carbocycles. The van der Waals surface area contributed by atoms with Crippen LogP contribution >= 0.6 is 0 Å². The van der Waals surface area contributed by atoms with Crippen LogP contribution in [0.15, 0.2) is 11.6 Å². The smallest absolute Gasteiger partial charge is 0.0698 e. The van der Waals surface area contributed by atoms with Gasteiger partial charge in [-0.2, -0.15) is 0 Å². The first-order valence-electron chi connectivity index (χ1n) is 6.18. The third-order valence-corrected chi connectivity index (χ3v) is 2.06. The van der Waals surface area contributed by atoms with Crippen molar-refractivity contribution < 1.29 is 9.47 Å². The minimum Gasteiger partial charge on any atom is -0.377 e. The van der Waals surface area contributed by atoms with E-state index in [1.54, 1.807) is 0 Å². The number of hydrogen-bond acceptors (Lipinski definition) is 2. The van der Waals surface area contributed by atoms with E-state index in [0.29, 0.717) is 0 Å². The van der Waals surface area contributed by atoms with Crippen molar-refractivity contribution in [3.8, 4) is 0 Å². The van der Waals surface area contributed by atoms with Gasteiger partial charge < -0.3 is 9.47 Å². The summed E-state index contributed by atoms with van der Waals surface area (Å²) >= 11 is 0. The Hall–Kier alpha value is -0.340. The Balaban J connectivity index is 3.59. The zero-order valence-electron chi connectivity index (χ0n) is 10.6. The molecule has 0 bridgehead atoms. The normalized spacial score (nSPS) is 12.1. The van der Waals surface area contributed by atoms with Gasteiger partial charge in [0.15, 0.2) is 0 Å². The molecule has 90 valence electrons. The van der Waals surface area contributed by atoms with Crippen molar-refractivity contribution in [2.75, 3.05) is 26.4 Å². The molecule has 0 aromatic rings. The average molecular weight is 214 g/mol. The number of hydrogen-bond donors (Lipinski definition) is 0. The minimum atomic E-state index is 0.730. The summed E-state index contributed by atoms with van der Waals surface area (Å²) in [6.45, 7) is 9.62. The predicted octanol–water partition coefficient (Wildman–Crippen LogP) is 3.57. The summed E-state index contributed by atoms with van der Waals surface area (Å²) in [5, 5.41) is 0. The standard InChI is InChI=1S/C13H26O2/c1-4-7-10-15-12-13(8-5-2)11-14-9-6-3/h8H,4-7,9-12H2,1-3H3. The highest BCUT2D eigenvalue weighted by Crippen LogP contribution is 2.01. The van der Waals surface area contributed by atoms with Crippen LogP contribution in [0, 0.1) is 0 Å². The highest BCUT2D eigenvalue weighted by molar-refractivity contribution is 5.02. The molecule has 0 saturated carbocycles. The monoisotopic (exact) mass is 214 g/mol. The second-order valence-electron chi connectivity index (χ2n) is 3.73. The molecule has 0 heterocycles. The number of rotatable bonds is 10. The number of unbranched alkanes of at least 4 members (excludes halogenated alkanes) is 1. The third-order valence-electron chi connectivity index (χ3n) is 2.06. The minimum absolute atomic E-state index is 0.730. The highest BCUT2D eigenvalue weighted by Gasteiger charge is 1.97. The van der Waals surface area contributed by atoms with Crippen molar-refractivity contribution in [2.45, 2.75) is 46.5 Å². The van der Waals surface area contributed by atoms with Crippen LogP contribution < -0.4 is 0 Å². The summed E-state index contributed by atoms with van der Waals surface area (Å²) in [6.07, 6.45) is 6.69. The Kier molecular flexibility index (Phi) is 11.5. The summed E-state index contributed by atoms with van der Waals surface area (Å²) in [5.74, 6) is 0. The zero-order chi connectivity index (χ0) is 11.4. The van der Waals surface area contributed by atoms with Gasteiger partial charge in [-0.05, 0) is 24.8 Å². The first kappa shape index (κ1) is 14.7. The van der Waals surface area contributed by atoms with Crippen molar-refractivity contribution in [1.82, 2.24) is 0 Å². The van der Waals surface area contributed by atoms with Crippen LogP contribution in [-0.2, 0) is 9.47 Å². The van der Waals surface area contributed by atoms with E-state index in [-0.39, 0.29) is 0 Å². The number of allylic oxidation sites excluding steroid dienone is 1. The first-order valence-corrected chi connectivity index (χ1v) is 6.18. The first-order chi connectivity index (χ1) is 7.35. The molecule has 0 unspecified atom stereocenters. The SMILES string of the molecule is CCC=C(COCCC)COCCCC. The van der Waals surface area contributed by atoms with Gasteiger partial charge in [-0.15, -0.1) is 0 Å². The molecule has 2 heteroatoms. The van der Waals surface area contributed by atoms with E-state index in [9.17, 15) is 0 Å². The van der Waals surface area contributed by atoms with E-state index >= 15 is 0 Å². The van der Waals surface area contributed by atoms with Crippen LogP contribution in [0.4, 0.5) is 0 Å². The fourth-order valence-corrected chi connectivity index (χ4v) is 1.25. The average Bonchev–Trinajstić information content (AvgIpc) is 2.24. The molecule has 15 heavy (non-hydrogen) atoms. The Morgan fingerprint density at radius 3 is 2.13 bits per heavy atom. The molecule has 2 nitrogen and oxygen atoms in total. The molecule has 0 fully saturated rings. The van der Waals surface area contributed by atoms with Crippen LogP contribution in [-0.4, -0.2) is 26.4 Å². The lowest BCUT2D eigenvalue weighted by molar-refractivity contribution is 0.117. The Morgan fingerprint density at radius 2 is 1.60 bits per heavy atom. The van der Waals surface area contributed by atoms with Gasteiger partial charge in [0.25, 0.3) is 0 Å². The van der Waals surface area contributed by atoms with Gasteiger partial charge in [-0.25, -0.2) is 0 Å².